The second kappa shape index (κ2) is 20.4. The molecule has 0 aliphatic carbocycles. The highest BCUT2D eigenvalue weighted by atomic mass is 31.2. The van der Waals surface area contributed by atoms with Gasteiger partial charge in [-0.1, -0.05) is 24.3 Å². The fourth-order valence-electron chi connectivity index (χ4n) is 6.53. The molecule has 6 unspecified atom stereocenters. The first-order valence-corrected chi connectivity index (χ1v) is 22.0. The Kier molecular flexibility index (Phi) is 14.8. The quantitative estimate of drug-likeness (QED) is 0.0536. The monoisotopic (exact) mass is 931 g/mol. The molecule has 2 saturated heterocycles. The third kappa shape index (κ3) is 9.98. The molecule has 10 atom stereocenters. The van der Waals surface area contributed by atoms with E-state index in [2.05, 4.69) is 41.8 Å². The number of carbonyl (C=O) groups excluding carboxylic acids is 1. The van der Waals surface area contributed by atoms with Gasteiger partial charge in [-0.05, 0) is 12.1 Å². The van der Waals surface area contributed by atoms with Crippen LogP contribution in [0.4, 0.5) is 14.6 Å². The average molecular weight is 932 g/mol. The number of aromatic amines is 1. The number of H-pyrrole nitrogens is 1. The van der Waals surface area contributed by atoms with Crippen LogP contribution in [0.3, 0.4) is 0 Å². The number of fused-ring (bicyclic) bond motifs is 2. The average Bonchev–Trinajstić information content (AvgIpc) is 4.07. The van der Waals surface area contributed by atoms with Gasteiger partial charge in [-0.3, -0.25) is 45.9 Å². The van der Waals surface area contributed by atoms with E-state index in [1.165, 1.54) is 6.08 Å². The molecule has 4 aromatic heterocycles. The summed E-state index contributed by atoms with van der Waals surface area (Å²) in [6, 6.07) is 11.8. The number of alkyl halides is 2. The van der Waals surface area contributed by atoms with E-state index in [1.54, 1.807) is 42.5 Å². The van der Waals surface area contributed by atoms with Crippen LogP contribution in [0.1, 0.15) is 35.7 Å². The van der Waals surface area contributed by atoms with Gasteiger partial charge in [0.1, 0.15) is 30.7 Å². The molecule has 64 heavy (non-hydrogen) atoms. The van der Waals surface area contributed by atoms with Gasteiger partial charge in [0, 0.05) is 5.56 Å². The second-order valence-electron chi connectivity index (χ2n) is 13.5. The van der Waals surface area contributed by atoms with E-state index in [1.807, 2.05) is 0 Å². The summed E-state index contributed by atoms with van der Waals surface area (Å²) in [6.07, 6.45) is -10.2. The molecule has 5 aromatic rings. The van der Waals surface area contributed by atoms with Crippen molar-refractivity contribution in [2.75, 3.05) is 38.4 Å². The number of nitrogens with one attached hydrogen (secondary N) is 2. The molecule has 0 spiro atoms. The van der Waals surface area contributed by atoms with Gasteiger partial charge >= 0.3 is 15.6 Å². The van der Waals surface area contributed by atoms with Crippen LogP contribution in [-0.4, -0.2) is 120 Å². The van der Waals surface area contributed by atoms with E-state index >= 15 is 8.78 Å². The first-order chi connectivity index (χ1) is 30.9. The van der Waals surface area contributed by atoms with E-state index in [0.29, 0.717) is 5.56 Å². The molecule has 2 aliphatic heterocycles. The number of halogens is 2. The highest BCUT2D eigenvalue weighted by Gasteiger charge is 2.54. The van der Waals surface area contributed by atoms with Crippen LogP contribution in [0, 0.1) is 22.7 Å². The van der Waals surface area contributed by atoms with Crippen LogP contribution < -0.4 is 10.9 Å². The highest BCUT2D eigenvalue weighted by molar-refractivity contribution is 7.48. The summed E-state index contributed by atoms with van der Waals surface area (Å²) in [5, 5.41) is 31.1. The van der Waals surface area contributed by atoms with Crippen molar-refractivity contribution in [3.8, 4) is 12.1 Å². The Labute approximate surface area is 359 Å². The molecule has 2 fully saturated rings. The SMILES string of the molecule is C=CCOP(=O)(OCCC#N)O[C@@H]1C(COP(=O)(OCCC#N)O[C@@H]2C(CO)OC(n3cnc4c(=O)[nH]cnc43)[C@@H]2F)OC(n2cnc3c(NC(=O)c4ccccc4)ncnc32)[C@@H]1F. The molecule has 6 heterocycles. The normalized spacial score (nSPS) is 25.1. The second-order valence-corrected chi connectivity index (χ2v) is 16.8. The smallest absolute Gasteiger partial charge is 0.394 e. The molecule has 0 radical (unpaired) electrons. The summed E-state index contributed by atoms with van der Waals surface area (Å²) < 4.78 is 108. The lowest BCUT2D eigenvalue weighted by Gasteiger charge is -2.27. The number of aliphatic hydroxyl groups excluding tert-OH is 1. The number of anilines is 1. The number of aliphatic hydroxyl groups is 1. The Hall–Kier alpha value is -5.73. The van der Waals surface area contributed by atoms with Crippen LogP contribution in [0.2, 0.25) is 0 Å². The molecule has 7 rings (SSSR count). The minimum absolute atomic E-state index is 0.00550. The summed E-state index contributed by atoms with van der Waals surface area (Å²) >= 11 is 0. The number of benzene rings is 1. The number of nitriles is 2. The molecule has 1 amide bonds. The van der Waals surface area contributed by atoms with Crippen molar-refractivity contribution >= 4 is 49.7 Å². The zero-order valence-corrected chi connectivity index (χ0v) is 34.9. The fraction of sp³-hybridized carbons (Fsp3) is 0.417. The number of rotatable bonds is 21. The van der Waals surface area contributed by atoms with E-state index in [0.717, 1.165) is 34.4 Å². The molecular formula is C36H37F2N11O13P2. The number of nitrogens with zero attached hydrogens (tertiary/aromatic N) is 9. The van der Waals surface area contributed by atoms with Crippen LogP contribution >= 0.6 is 15.6 Å². The Bertz CT molecular complexity index is 2700. The van der Waals surface area contributed by atoms with Crippen molar-refractivity contribution in [3.05, 3.63) is 84.2 Å². The number of hydrogen-bond donors (Lipinski definition) is 3. The molecule has 0 bridgehead atoms. The van der Waals surface area contributed by atoms with Gasteiger partial charge in [0.05, 0.1) is 77.0 Å². The van der Waals surface area contributed by atoms with E-state index in [4.69, 9.17) is 41.9 Å². The number of imidazole rings is 2. The van der Waals surface area contributed by atoms with Crippen molar-refractivity contribution in [2.24, 2.45) is 0 Å². The molecule has 3 N–H and O–H groups in total. The van der Waals surface area contributed by atoms with Crippen molar-refractivity contribution in [2.45, 2.75) is 62.1 Å². The first kappa shape index (κ1) is 46.3. The maximum Gasteiger partial charge on any atom is 0.475 e. The number of hydrogen-bond acceptors (Lipinski definition) is 20. The predicted octanol–water partition coefficient (Wildman–Crippen LogP) is 3.74. The Morgan fingerprint density at radius 2 is 1.47 bits per heavy atom. The first-order valence-electron chi connectivity index (χ1n) is 19.1. The molecule has 0 saturated carbocycles. The molecule has 24 nitrogen and oxygen atoms in total. The Morgan fingerprint density at radius 3 is 2.09 bits per heavy atom. The number of carbonyl (C=O) groups is 1. The van der Waals surface area contributed by atoms with Crippen molar-refractivity contribution in [1.29, 1.82) is 10.5 Å². The topological polar surface area (TPSA) is 312 Å². The van der Waals surface area contributed by atoms with Gasteiger partial charge in [-0.15, -0.1) is 6.58 Å². The minimum atomic E-state index is -5.10. The lowest BCUT2D eigenvalue weighted by molar-refractivity contribution is -0.0592. The maximum absolute atomic E-state index is 17.0. The zero-order chi connectivity index (χ0) is 45.4. The number of amides is 1. The van der Waals surface area contributed by atoms with Crippen molar-refractivity contribution < 1.29 is 64.4 Å². The molecule has 2 aliphatic rings. The summed E-state index contributed by atoms with van der Waals surface area (Å²) in [5.74, 6) is -0.583. The van der Waals surface area contributed by atoms with Crippen LogP contribution in [-0.2, 0) is 45.7 Å². The van der Waals surface area contributed by atoms with E-state index in [-0.39, 0.29) is 41.0 Å². The standard InChI is InChI=1S/C36H37F2N11O13P2/c1-2-12-55-63(53,56-13-6-10-39)62-29-23(60-36(25(29)38)48-19-45-26-30(41-17-42-31(26)48)47-33(51)21-8-4-3-5-9-21)16-58-64(54,57-14-7-11-40)61-28-22(15-50)59-35(24(28)37)49-20-46-27-32(49)43-18-44-34(27)52/h2-5,8-9,17-20,22-25,28-29,35-36,50H,1,6-7,12-16H2,(H,43,44,52)(H,41,42,47,51)/t22?,23?,24-,25-,28-,29-,35?,36?,63?,64?/m1/s1. The van der Waals surface area contributed by atoms with Crippen LogP contribution in [0.25, 0.3) is 22.3 Å². The number of phosphoric acid groups is 2. The molecular weight excluding hydrogens is 894 g/mol. The van der Waals surface area contributed by atoms with Gasteiger partial charge in [0.2, 0.25) is 0 Å². The van der Waals surface area contributed by atoms with Crippen LogP contribution in [0.15, 0.2) is 73.1 Å². The number of ether oxygens (including phenoxy) is 2. The summed E-state index contributed by atoms with van der Waals surface area (Å²) in [7, 11) is -9.86. The van der Waals surface area contributed by atoms with Crippen molar-refractivity contribution in [3.63, 3.8) is 0 Å². The third-order valence-electron chi connectivity index (χ3n) is 9.43. The largest absolute Gasteiger partial charge is 0.475 e. The van der Waals surface area contributed by atoms with Gasteiger partial charge in [-0.2, -0.15) is 10.5 Å². The summed E-state index contributed by atoms with van der Waals surface area (Å²) in [5.41, 5.74) is -0.627. The molecule has 338 valence electrons. The van der Waals surface area contributed by atoms with E-state index < -0.39 is 109 Å². The molecule has 1 aromatic carbocycles. The van der Waals surface area contributed by atoms with Gasteiger partial charge in [0.25, 0.3) is 11.5 Å². The summed E-state index contributed by atoms with van der Waals surface area (Å²) in [6.45, 7) is 0.133. The highest BCUT2D eigenvalue weighted by Crippen LogP contribution is 2.57. The van der Waals surface area contributed by atoms with Gasteiger partial charge in [-0.25, -0.2) is 42.8 Å². The fourth-order valence-corrected chi connectivity index (χ4v) is 9.27. The van der Waals surface area contributed by atoms with E-state index in [9.17, 15) is 29.1 Å². The summed E-state index contributed by atoms with van der Waals surface area (Å²) in [4.78, 5) is 48.1. The number of aromatic nitrogens is 8. The number of phosphoric ester groups is 2. The Morgan fingerprint density at radius 1 is 0.875 bits per heavy atom. The minimum Gasteiger partial charge on any atom is -0.394 e. The third-order valence-corrected chi connectivity index (χ3v) is 12.4. The predicted molar refractivity (Wildman–Crippen MR) is 212 cm³/mol. The zero-order valence-electron chi connectivity index (χ0n) is 33.1. The molecule has 28 heteroatoms. The lowest BCUT2D eigenvalue weighted by Crippen LogP contribution is -2.36. The van der Waals surface area contributed by atoms with Crippen LogP contribution in [0.5, 0.6) is 0 Å². The van der Waals surface area contributed by atoms with Gasteiger partial charge in [0.15, 0.2) is 52.9 Å². The lowest BCUT2D eigenvalue weighted by atomic mass is 10.1. The maximum atomic E-state index is 17.0. The Balaban J connectivity index is 1.18. The van der Waals surface area contributed by atoms with Crippen molar-refractivity contribution in [1.82, 2.24) is 39.0 Å². The van der Waals surface area contributed by atoms with Gasteiger partial charge < -0.3 is 24.9 Å².